The highest BCUT2D eigenvalue weighted by molar-refractivity contribution is 5.92. The summed E-state index contributed by atoms with van der Waals surface area (Å²) in [6.07, 6.45) is 0. The first-order valence-electron chi connectivity index (χ1n) is 4.93. The van der Waals surface area contributed by atoms with E-state index in [9.17, 15) is 4.79 Å². The molecule has 1 amide bonds. The molecule has 0 saturated heterocycles. The summed E-state index contributed by atoms with van der Waals surface area (Å²) in [5.74, 6) is 0.700. The summed E-state index contributed by atoms with van der Waals surface area (Å²) in [5.41, 5.74) is 0.751. The largest absolute Gasteiger partial charge is 0.494 e. The Hall–Kier alpha value is -1.26. The summed E-state index contributed by atoms with van der Waals surface area (Å²) in [5, 5.41) is 5.54. The van der Waals surface area contributed by atoms with Crippen LogP contribution in [0.5, 0.6) is 5.75 Å². The molecule has 90 valence electrons. The molecule has 1 aromatic carbocycles. The van der Waals surface area contributed by atoms with Crippen molar-refractivity contribution < 1.29 is 9.53 Å². The van der Waals surface area contributed by atoms with E-state index in [1.807, 2.05) is 25.1 Å². The SMILES string of the molecule is CCOc1cccc(NC(=O)CNC)c1.Cl. The molecule has 0 fully saturated rings. The molecule has 16 heavy (non-hydrogen) atoms. The van der Waals surface area contributed by atoms with Crippen molar-refractivity contribution in [1.29, 1.82) is 0 Å². The smallest absolute Gasteiger partial charge is 0.238 e. The molecular weight excluding hydrogens is 228 g/mol. The fourth-order valence-corrected chi connectivity index (χ4v) is 1.20. The van der Waals surface area contributed by atoms with E-state index < -0.39 is 0 Å². The van der Waals surface area contributed by atoms with Crippen LogP contribution in [0.2, 0.25) is 0 Å². The molecule has 1 aromatic rings. The number of nitrogens with one attached hydrogen (secondary N) is 2. The van der Waals surface area contributed by atoms with Crippen LogP contribution in [0.3, 0.4) is 0 Å². The molecule has 2 N–H and O–H groups in total. The molecule has 0 radical (unpaired) electrons. The van der Waals surface area contributed by atoms with E-state index in [2.05, 4.69) is 10.6 Å². The molecular formula is C11H17ClN2O2. The molecule has 1 rings (SSSR count). The van der Waals surface area contributed by atoms with Gasteiger partial charge >= 0.3 is 0 Å². The van der Waals surface area contributed by atoms with Gasteiger partial charge in [0.25, 0.3) is 0 Å². The summed E-state index contributed by atoms with van der Waals surface area (Å²) >= 11 is 0. The molecule has 5 heteroatoms. The number of rotatable bonds is 5. The third kappa shape index (κ3) is 5.00. The first kappa shape index (κ1) is 14.7. The highest BCUT2D eigenvalue weighted by Gasteiger charge is 2.01. The normalized spacial score (nSPS) is 9.12. The molecule has 0 aliphatic carbocycles. The van der Waals surface area contributed by atoms with Gasteiger partial charge in [-0.3, -0.25) is 4.79 Å². The quantitative estimate of drug-likeness (QED) is 0.829. The van der Waals surface area contributed by atoms with Gasteiger partial charge in [0.15, 0.2) is 0 Å². The highest BCUT2D eigenvalue weighted by atomic mass is 35.5. The van der Waals surface area contributed by atoms with Crippen molar-refractivity contribution in [1.82, 2.24) is 5.32 Å². The molecule has 0 unspecified atom stereocenters. The predicted molar refractivity (Wildman–Crippen MR) is 67.4 cm³/mol. The van der Waals surface area contributed by atoms with Gasteiger partial charge in [0.1, 0.15) is 5.75 Å². The van der Waals surface area contributed by atoms with Crippen LogP contribution < -0.4 is 15.4 Å². The Morgan fingerprint density at radius 3 is 2.81 bits per heavy atom. The molecule has 0 saturated carbocycles. The Morgan fingerprint density at radius 2 is 2.19 bits per heavy atom. The van der Waals surface area contributed by atoms with Gasteiger partial charge in [0, 0.05) is 11.8 Å². The van der Waals surface area contributed by atoms with Gasteiger partial charge in [0.2, 0.25) is 5.91 Å². The fraction of sp³-hybridized carbons (Fsp3) is 0.364. The van der Waals surface area contributed by atoms with Gasteiger partial charge in [-0.15, -0.1) is 12.4 Å². The van der Waals surface area contributed by atoms with Crippen LogP contribution >= 0.6 is 12.4 Å². The topological polar surface area (TPSA) is 50.4 Å². The maximum Gasteiger partial charge on any atom is 0.238 e. The Morgan fingerprint density at radius 1 is 1.44 bits per heavy atom. The summed E-state index contributed by atoms with van der Waals surface area (Å²) in [4.78, 5) is 11.3. The van der Waals surface area contributed by atoms with Crippen LogP contribution in [-0.2, 0) is 4.79 Å². The first-order chi connectivity index (χ1) is 7.26. The van der Waals surface area contributed by atoms with Gasteiger partial charge < -0.3 is 15.4 Å². The van der Waals surface area contributed by atoms with E-state index in [-0.39, 0.29) is 18.3 Å². The lowest BCUT2D eigenvalue weighted by Gasteiger charge is -2.07. The number of ether oxygens (including phenoxy) is 1. The second-order valence-electron chi connectivity index (χ2n) is 3.04. The summed E-state index contributed by atoms with van der Waals surface area (Å²) in [6.45, 7) is 2.85. The standard InChI is InChI=1S/C11H16N2O2.ClH/c1-3-15-10-6-4-5-9(7-10)13-11(14)8-12-2;/h4-7,12H,3,8H2,1-2H3,(H,13,14);1H. The zero-order valence-corrected chi connectivity index (χ0v) is 10.3. The third-order valence-corrected chi connectivity index (χ3v) is 1.77. The number of carbonyl (C=O) groups excluding carboxylic acids is 1. The maximum atomic E-state index is 11.3. The minimum atomic E-state index is -0.0638. The average molecular weight is 245 g/mol. The van der Waals surface area contributed by atoms with Gasteiger partial charge in [-0.2, -0.15) is 0 Å². The third-order valence-electron chi connectivity index (χ3n) is 1.77. The number of carbonyl (C=O) groups is 1. The van der Waals surface area contributed by atoms with Gasteiger partial charge in [-0.1, -0.05) is 6.07 Å². The van der Waals surface area contributed by atoms with Crippen molar-refractivity contribution in [3.05, 3.63) is 24.3 Å². The van der Waals surface area contributed by atoms with E-state index in [0.29, 0.717) is 13.2 Å². The highest BCUT2D eigenvalue weighted by Crippen LogP contribution is 2.16. The minimum Gasteiger partial charge on any atom is -0.494 e. The van der Waals surface area contributed by atoms with Crippen LogP contribution in [0, 0.1) is 0 Å². The van der Waals surface area contributed by atoms with E-state index >= 15 is 0 Å². The summed E-state index contributed by atoms with van der Waals surface area (Å²) in [7, 11) is 1.73. The fourth-order valence-electron chi connectivity index (χ4n) is 1.20. The molecule has 0 aliphatic heterocycles. The Bertz CT molecular complexity index is 332. The number of likely N-dealkylation sites (N-methyl/N-ethyl adjacent to an activating group) is 1. The first-order valence-corrected chi connectivity index (χ1v) is 4.93. The van der Waals surface area contributed by atoms with Crippen LogP contribution in [-0.4, -0.2) is 26.1 Å². The van der Waals surface area contributed by atoms with E-state index in [4.69, 9.17) is 4.74 Å². The molecule has 0 atom stereocenters. The minimum absolute atomic E-state index is 0. The van der Waals surface area contributed by atoms with Crippen molar-refractivity contribution >= 4 is 24.0 Å². The van der Waals surface area contributed by atoms with Gasteiger partial charge in [0.05, 0.1) is 13.2 Å². The van der Waals surface area contributed by atoms with Gasteiger partial charge in [-0.25, -0.2) is 0 Å². The van der Waals surface area contributed by atoms with Crippen LogP contribution in [0.1, 0.15) is 6.92 Å². The van der Waals surface area contributed by atoms with Crippen LogP contribution in [0.25, 0.3) is 0 Å². The molecule has 0 bridgehead atoms. The number of halogens is 1. The number of hydrogen-bond acceptors (Lipinski definition) is 3. The van der Waals surface area contributed by atoms with Crippen molar-refractivity contribution in [2.45, 2.75) is 6.92 Å². The lowest BCUT2D eigenvalue weighted by atomic mass is 10.3. The molecule has 0 aromatic heterocycles. The number of hydrogen-bond donors (Lipinski definition) is 2. The van der Waals surface area contributed by atoms with E-state index in [1.54, 1.807) is 13.1 Å². The van der Waals surface area contributed by atoms with Crippen molar-refractivity contribution in [2.75, 3.05) is 25.5 Å². The second kappa shape index (κ2) is 7.96. The zero-order chi connectivity index (χ0) is 11.1. The van der Waals surface area contributed by atoms with Crippen LogP contribution in [0.15, 0.2) is 24.3 Å². The lowest BCUT2D eigenvalue weighted by Crippen LogP contribution is -2.24. The Balaban J connectivity index is 0.00000225. The molecule has 0 heterocycles. The Kier molecular flexibility index (Phi) is 7.33. The van der Waals surface area contributed by atoms with Crippen LogP contribution in [0.4, 0.5) is 5.69 Å². The second-order valence-corrected chi connectivity index (χ2v) is 3.04. The molecule has 0 spiro atoms. The number of anilines is 1. The number of benzene rings is 1. The van der Waals surface area contributed by atoms with E-state index in [0.717, 1.165) is 11.4 Å². The van der Waals surface area contributed by atoms with Crippen molar-refractivity contribution in [2.24, 2.45) is 0 Å². The van der Waals surface area contributed by atoms with Crippen molar-refractivity contribution in [3.63, 3.8) is 0 Å². The number of amides is 1. The summed E-state index contributed by atoms with van der Waals surface area (Å²) < 4.78 is 5.32. The zero-order valence-electron chi connectivity index (χ0n) is 9.45. The maximum absolute atomic E-state index is 11.3. The Labute approximate surface area is 102 Å². The predicted octanol–water partition coefficient (Wildman–Crippen LogP) is 1.66. The summed E-state index contributed by atoms with van der Waals surface area (Å²) in [6, 6.07) is 7.34. The van der Waals surface area contributed by atoms with Crippen molar-refractivity contribution in [3.8, 4) is 5.75 Å². The van der Waals surface area contributed by atoms with E-state index in [1.165, 1.54) is 0 Å². The monoisotopic (exact) mass is 244 g/mol. The lowest BCUT2D eigenvalue weighted by molar-refractivity contribution is -0.115. The average Bonchev–Trinajstić information content (AvgIpc) is 2.19. The molecule has 0 aliphatic rings. The van der Waals surface area contributed by atoms with Gasteiger partial charge in [-0.05, 0) is 26.1 Å². The molecule has 4 nitrogen and oxygen atoms in total.